The van der Waals surface area contributed by atoms with Crippen molar-refractivity contribution in [2.24, 2.45) is 5.92 Å². The van der Waals surface area contributed by atoms with Crippen LogP contribution in [-0.4, -0.2) is 29.0 Å². The van der Waals surface area contributed by atoms with Crippen molar-refractivity contribution in [2.75, 3.05) is 6.61 Å². The fraction of sp³-hybridized carbons (Fsp3) is 0.391. The number of hydrogen-bond acceptors (Lipinski definition) is 4. The van der Waals surface area contributed by atoms with Crippen LogP contribution in [0.1, 0.15) is 42.9 Å². The molecule has 1 aromatic heterocycles. The molecular weight excluding hydrogens is 354 g/mol. The molecule has 1 aromatic carbocycles. The Morgan fingerprint density at radius 1 is 1.18 bits per heavy atom. The van der Waals surface area contributed by atoms with Crippen LogP contribution in [-0.2, 0) is 20.7 Å². The van der Waals surface area contributed by atoms with Crippen molar-refractivity contribution < 1.29 is 19.4 Å². The summed E-state index contributed by atoms with van der Waals surface area (Å²) in [6.45, 7) is 0.629. The average Bonchev–Trinajstić information content (AvgIpc) is 2.72. The summed E-state index contributed by atoms with van der Waals surface area (Å²) >= 11 is 0. The molecule has 0 spiro atoms. The topological polar surface area (TPSA) is 68.7 Å². The molecule has 0 unspecified atom stereocenters. The van der Waals surface area contributed by atoms with Crippen LogP contribution in [0.2, 0.25) is 0 Å². The summed E-state index contributed by atoms with van der Waals surface area (Å²) in [5.41, 5.74) is 2.25. The number of aliphatic carboxylic acids is 1. The first-order valence-corrected chi connectivity index (χ1v) is 9.80. The molecule has 0 amide bonds. The van der Waals surface area contributed by atoms with Crippen LogP contribution in [0.4, 0.5) is 0 Å². The second-order valence-electron chi connectivity index (χ2n) is 7.05. The van der Waals surface area contributed by atoms with Crippen LogP contribution in [0.15, 0.2) is 67.0 Å². The molecule has 148 valence electrons. The molecular formula is C23H27NO4. The lowest BCUT2D eigenvalue weighted by atomic mass is 9.92. The quantitative estimate of drug-likeness (QED) is 0.509. The van der Waals surface area contributed by atoms with Gasteiger partial charge >= 0.3 is 5.97 Å². The van der Waals surface area contributed by atoms with Gasteiger partial charge in [0.1, 0.15) is 0 Å². The highest BCUT2D eigenvalue weighted by Gasteiger charge is 2.32. The third-order valence-electron chi connectivity index (χ3n) is 4.84. The lowest BCUT2D eigenvalue weighted by molar-refractivity contribution is -0.237. The van der Waals surface area contributed by atoms with Gasteiger partial charge in [-0.15, -0.1) is 0 Å². The van der Waals surface area contributed by atoms with Gasteiger partial charge in [-0.2, -0.15) is 0 Å². The van der Waals surface area contributed by atoms with E-state index in [1.54, 1.807) is 6.20 Å². The van der Waals surface area contributed by atoms with E-state index >= 15 is 0 Å². The Morgan fingerprint density at radius 3 is 2.79 bits per heavy atom. The molecule has 0 saturated carbocycles. The smallest absolute Gasteiger partial charge is 0.303 e. The molecule has 28 heavy (non-hydrogen) atoms. The van der Waals surface area contributed by atoms with E-state index < -0.39 is 5.97 Å². The first-order valence-electron chi connectivity index (χ1n) is 9.80. The maximum Gasteiger partial charge on any atom is 0.303 e. The Morgan fingerprint density at radius 2 is 2.04 bits per heavy atom. The summed E-state index contributed by atoms with van der Waals surface area (Å²) in [5.74, 6) is -0.519. The molecule has 3 rings (SSSR count). The van der Waals surface area contributed by atoms with Gasteiger partial charge in [0.25, 0.3) is 0 Å². The zero-order chi connectivity index (χ0) is 19.6. The van der Waals surface area contributed by atoms with Crippen LogP contribution in [0, 0.1) is 5.92 Å². The van der Waals surface area contributed by atoms with Gasteiger partial charge in [-0.05, 0) is 36.5 Å². The minimum Gasteiger partial charge on any atom is -0.481 e. The standard InChI is InChI=1S/C23H27NO4/c25-21(26)13-7-2-1-4-12-20-17-27-22(15-18-9-8-14-24-16-18)28-23(20)19-10-5-3-6-11-19/h1,3-6,8-11,14,16,20,22-23H,2,7,12-13,15,17H2,(H,25,26)/b4-1+/t20-,22+,23-/m1/s1. The summed E-state index contributed by atoms with van der Waals surface area (Å²) in [6.07, 6.45) is 10.6. The molecule has 2 aromatic rings. The Kier molecular flexibility index (Phi) is 7.76. The normalized spacial score (nSPS) is 22.4. The number of pyridine rings is 1. The van der Waals surface area contributed by atoms with Crippen LogP contribution in [0.5, 0.6) is 0 Å². The Hall–Kier alpha value is -2.50. The molecule has 3 atom stereocenters. The van der Waals surface area contributed by atoms with Gasteiger partial charge < -0.3 is 14.6 Å². The van der Waals surface area contributed by atoms with Crippen molar-refractivity contribution in [2.45, 2.75) is 44.5 Å². The highest BCUT2D eigenvalue weighted by atomic mass is 16.7. The molecule has 1 saturated heterocycles. The molecule has 0 aliphatic carbocycles. The fourth-order valence-electron chi connectivity index (χ4n) is 3.40. The average molecular weight is 381 g/mol. The lowest BCUT2D eigenvalue weighted by Crippen LogP contribution is -2.36. The fourth-order valence-corrected chi connectivity index (χ4v) is 3.40. The summed E-state index contributed by atoms with van der Waals surface area (Å²) in [7, 11) is 0. The van der Waals surface area contributed by atoms with Crippen LogP contribution in [0.3, 0.4) is 0 Å². The van der Waals surface area contributed by atoms with E-state index in [1.165, 1.54) is 0 Å². The highest BCUT2D eigenvalue weighted by molar-refractivity contribution is 5.66. The van der Waals surface area contributed by atoms with E-state index in [2.05, 4.69) is 29.3 Å². The van der Waals surface area contributed by atoms with E-state index in [0.29, 0.717) is 19.4 Å². The molecule has 1 aliphatic heterocycles. The third kappa shape index (κ3) is 6.29. The number of nitrogens with zero attached hydrogens (tertiary/aromatic N) is 1. The zero-order valence-electron chi connectivity index (χ0n) is 15.9. The van der Waals surface area contributed by atoms with Crippen LogP contribution >= 0.6 is 0 Å². The van der Waals surface area contributed by atoms with E-state index in [0.717, 1.165) is 24.0 Å². The first-order chi connectivity index (χ1) is 13.7. The maximum atomic E-state index is 10.6. The Labute approximate surface area is 166 Å². The molecule has 2 heterocycles. The number of carbonyl (C=O) groups is 1. The number of carboxylic acid groups (broad SMARTS) is 1. The summed E-state index contributed by atoms with van der Waals surface area (Å²) in [4.78, 5) is 14.7. The van der Waals surface area contributed by atoms with E-state index in [1.807, 2.05) is 36.5 Å². The Bertz CT molecular complexity index is 748. The predicted molar refractivity (Wildman–Crippen MR) is 107 cm³/mol. The number of carboxylic acids is 1. The molecule has 0 radical (unpaired) electrons. The van der Waals surface area contributed by atoms with Gasteiger partial charge in [0, 0.05) is 31.2 Å². The van der Waals surface area contributed by atoms with Gasteiger partial charge in [0.05, 0.1) is 12.7 Å². The molecule has 1 N–H and O–H groups in total. The predicted octanol–water partition coefficient (Wildman–Crippen LogP) is 4.56. The molecule has 0 bridgehead atoms. The Balaban J connectivity index is 1.60. The number of ether oxygens (including phenoxy) is 2. The molecule has 1 aliphatic rings. The molecule has 1 fully saturated rings. The number of allylic oxidation sites excluding steroid dienone is 2. The number of benzene rings is 1. The summed E-state index contributed by atoms with van der Waals surface area (Å²) < 4.78 is 12.3. The second-order valence-corrected chi connectivity index (χ2v) is 7.05. The summed E-state index contributed by atoms with van der Waals surface area (Å²) in [6, 6.07) is 14.2. The summed E-state index contributed by atoms with van der Waals surface area (Å²) in [5, 5.41) is 8.70. The SMILES string of the molecule is O=C(O)CCC/C=C/C[C@@H]1CO[C@H](Cc2cccnc2)O[C@@H]1c1ccccc1. The monoisotopic (exact) mass is 381 g/mol. The van der Waals surface area contributed by atoms with Gasteiger partial charge in [0.2, 0.25) is 0 Å². The third-order valence-corrected chi connectivity index (χ3v) is 4.84. The second kappa shape index (κ2) is 10.7. The van der Waals surface area contributed by atoms with Crippen molar-refractivity contribution in [3.05, 3.63) is 78.1 Å². The minimum atomic E-state index is -0.744. The van der Waals surface area contributed by atoms with Crippen molar-refractivity contribution in [3.63, 3.8) is 0 Å². The lowest BCUT2D eigenvalue weighted by Gasteiger charge is -2.36. The first kappa shape index (κ1) is 20.2. The van der Waals surface area contributed by atoms with Gasteiger partial charge in [-0.1, -0.05) is 48.6 Å². The van der Waals surface area contributed by atoms with Gasteiger partial charge in [0.15, 0.2) is 6.29 Å². The molecule has 5 nitrogen and oxygen atoms in total. The minimum absolute atomic E-state index is 0.0275. The van der Waals surface area contributed by atoms with Crippen LogP contribution < -0.4 is 0 Å². The number of aromatic nitrogens is 1. The van der Waals surface area contributed by atoms with Crippen molar-refractivity contribution >= 4 is 5.97 Å². The van der Waals surface area contributed by atoms with Gasteiger partial charge in [-0.25, -0.2) is 0 Å². The van der Waals surface area contributed by atoms with Crippen LogP contribution in [0.25, 0.3) is 0 Å². The number of rotatable bonds is 9. The largest absolute Gasteiger partial charge is 0.481 e. The van der Waals surface area contributed by atoms with E-state index in [9.17, 15) is 4.79 Å². The molecule has 5 heteroatoms. The van der Waals surface area contributed by atoms with Gasteiger partial charge in [-0.3, -0.25) is 9.78 Å². The number of unbranched alkanes of at least 4 members (excludes halogenated alkanes) is 1. The van der Waals surface area contributed by atoms with Crippen molar-refractivity contribution in [1.29, 1.82) is 0 Å². The van der Waals surface area contributed by atoms with Crippen molar-refractivity contribution in [3.8, 4) is 0 Å². The maximum absolute atomic E-state index is 10.6. The zero-order valence-corrected chi connectivity index (χ0v) is 15.9. The number of hydrogen-bond donors (Lipinski definition) is 1. The van der Waals surface area contributed by atoms with Crippen molar-refractivity contribution in [1.82, 2.24) is 4.98 Å². The highest BCUT2D eigenvalue weighted by Crippen LogP contribution is 2.35. The van der Waals surface area contributed by atoms with E-state index in [4.69, 9.17) is 14.6 Å². The van der Waals surface area contributed by atoms with E-state index in [-0.39, 0.29) is 24.7 Å².